The van der Waals surface area contributed by atoms with Crippen molar-refractivity contribution in [3.63, 3.8) is 0 Å². The number of nitrogens with zero attached hydrogens (tertiary/aromatic N) is 5. The number of carboxylic acids is 1. The van der Waals surface area contributed by atoms with Crippen molar-refractivity contribution in [2.75, 3.05) is 23.9 Å². The van der Waals surface area contributed by atoms with E-state index in [0.29, 0.717) is 0 Å². The molecule has 3 heterocycles. The van der Waals surface area contributed by atoms with Gasteiger partial charge in [-0.1, -0.05) is 11.6 Å². The zero-order valence-electron chi connectivity index (χ0n) is 20.4. The summed E-state index contributed by atoms with van der Waals surface area (Å²) >= 11 is 5.81. The van der Waals surface area contributed by atoms with Crippen molar-refractivity contribution in [1.82, 2.24) is 24.7 Å². The summed E-state index contributed by atoms with van der Waals surface area (Å²) in [5.41, 5.74) is -1.07. The second-order valence-corrected chi connectivity index (χ2v) is 11.6. The van der Waals surface area contributed by atoms with Crippen LogP contribution in [0.25, 0.3) is 16.9 Å². The zero-order chi connectivity index (χ0) is 29.2. The van der Waals surface area contributed by atoms with Crippen molar-refractivity contribution < 1.29 is 36.4 Å². The van der Waals surface area contributed by atoms with Gasteiger partial charge in [0, 0.05) is 47.4 Å². The Balaban J connectivity index is 1.78. The first-order chi connectivity index (χ1) is 18.7. The van der Waals surface area contributed by atoms with Gasteiger partial charge in [-0.05, 0) is 45.7 Å². The molecule has 0 aliphatic rings. The van der Waals surface area contributed by atoms with E-state index in [0.717, 1.165) is 23.0 Å². The van der Waals surface area contributed by atoms with Gasteiger partial charge in [0.2, 0.25) is 11.8 Å². The average molecular weight is 599 g/mol. The molecule has 0 aliphatic carbocycles. The van der Waals surface area contributed by atoms with E-state index in [9.17, 15) is 31.7 Å². The highest BCUT2D eigenvalue weighted by molar-refractivity contribution is 7.99. The summed E-state index contributed by atoms with van der Waals surface area (Å²) in [6.07, 6.45) is 0.158. The summed E-state index contributed by atoms with van der Waals surface area (Å²) in [6.45, 7) is -0.110. The van der Waals surface area contributed by atoms with Crippen molar-refractivity contribution in [3.05, 3.63) is 71.0 Å². The molecule has 1 atom stereocenters. The van der Waals surface area contributed by atoms with E-state index in [2.05, 4.69) is 31.2 Å². The van der Waals surface area contributed by atoms with Crippen LogP contribution in [-0.2, 0) is 15.7 Å². The molecule has 0 amide bonds. The van der Waals surface area contributed by atoms with Gasteiger partial charge in [-0.15, -0.1) is 0 Å². The number of hydrogen-bond acceptors (Lipinski definition) is 8. The average Bonchev–Trinajstić information content (AvgIpc) is 3.37. The Bertz CT molecular complexity index is 1700. The second kappa shape index (κ2) is 11.1. The first kappa shape index (κ1) is 28.8. The molecule has 3 aromatic heterocycles. The van der Waals surface area contributed by atoms with E-state index in [1.54, 1.807) is 0 Å². The molecule has 1 unspecified atom stereocenters. The fourth-order valence-corrected chi connectivity index (χ4v) is 3.91. The van der Waals surface area contributed by atoms with Crippen LogP contribution in [0, 0.1) is 5.82 Å². The lowest BCUT2D eigenvalue weighted by Crippen LogP contribution is -2.14. The second-order valence-electron chi connectivity index (χ2n) is 8.45. The molecule has 16 heteroatoms. The number of halogens is 5. The number of aromatic nitrogens is 5. The van der Waals surface area contributed by atoms with E-state index in [1.165, 1.54) is 36.8 Å². The number of carbonyl (C=O) groups is 1. The van der Waals surface area contributed by atoms with E-state index in [1.807, 2.05) is 0 Å². The van der Waals surface area contributed by atoms with Gasteiger partial charge >= 0.3 is 12.1 Å². The minimum absolute atomic E-state index is 0.0576. The highest BCUT2D eigenvalue weighted by atomic mass is 35.5. The quantitative estimate of drug-likeness (QED) is 0.208. The Labute approximate surface area is 229 Å². The van der Waals surface area contributed by atoms with Gasteiger partial charge in [0.05, 0.1) is 5.02 Å². The van der Waals surface area contributed by atoms with Crippen LogP contribution in [-0.4, -0.2) is 64.5 Å². The molecule has 0 radical (unpaired) electrons. The molecule has 0 fully saturated rings. The van der Waals surface area contributed by atoms with E-state index in [4.69, 9.17) is 16.3 Å². The van der Waals surface area contributed by atoms with Crippen LogP contribution in [0.1, 0.15) is 16.1 Å². The summed E-state index contributed by atoms with van der Waals surface area (Å²) in [5, 5.41) is 15.9. The largest absolute Gasteiger partial charge is 0.477 e. The zero-order valence-corrected chi connectivity index (χ0v) is 22.0. The molecule has 40 heavy (non-hydrogen) atoms. The molecule has 10 nitrogen and oxygen atoms in total. The monoisotopic (exact) mass is 598 g/mol. The van der Waals surface area contributed by atoms with Crippen molar-refractivity contribution in [2.45, 2.75) is 6.18 Å². The third-order valence-corrected chi connectivity index (χ3v) is 6.51. The molecule has 210 valence electrons. The SMILES string of the molecule is C=S(C)(=O)CCOc1ncc(-c2cnc(Nc3ccc(F)c(Cl)c3)nc2-n2ccc(C(F)(F)F)n2)cc1C(=O)O. The number of nitrogens with one attached hydrogen (secondary N) is 1. The number of aromatic carboxylic acids is 1. The standard InChI is InChI=1S/C24H19ClF4N6O4S/c1-40(2,38)8-7-39-21-15(22(36)37)9-13(11-30-21)16-12-31-23(32-14-3-4-18(26)17(25)10-14)33-20(16)35-6-5-19(34-35)24(27,28)29/h3-6,9-12H,1,7-8H2,2H3,(H,36,37)(H,31,32,33). The van der Waals surface area contributed by atoms with E-state index in [-0.39, 0.29) is 57.4 Å². The molecule has 0 saturated heterocycles. The number of carboxylic acid groups (broad SMARTS) is 1. The van der Waals surface area contributed by atoms with Gasteiger partial charge in [0.25, 0.3) is 0 Å². The Morgan fingerprint density at radius 1 is 1.23 bits per heavy atom. The van der Waals surface area contributed by atoms with E-state index >= 15 is 0 Å². The summed E-state index contributed by atoms with van der Waals surface area (Å²) in [6, 6.07) is 5.63. The molecule has 4 rings (SSSR count). The van der Waals surface area contributed by atoms with Crippen molar-refractivity contribution in [1.29, 1.82) is 0 Å². The summed E-state index contributed by atoms with van der Waals surface area (Å²) in [4.78, 5) is 24.4. The maximum Gasteiger partial charge on any atom is 0.435 e. The Morgan fingerprint density at radius 3 is 2.60 bits per heavy atom. The number of pyridine rings is 1. The van der Waals surface area contributed by atoms with Crippen LogP contribution < -0.4 is 10.1 Å². The minimum atomic E-state index is -4.74. The van der Waals surface area contributed by atoms with E-state index < -0.39 is 33.2 Å². The molecule has 0 aliphatic heterocycles. The van der Waals surface area contributed by atoms with Crippen LogP contribution in [0.4, 0.5) is 29.2 Å². The summed E-state index contributed by atoms with van der Waals surface area (Å²) in [7, 11) is -2.39. The highest BCUT2D eigenvalue weighted by Gasteiger charge is 2.34. The molecule has 4 aromatic rings. The smallest absolute Gasteiger partial charge is 0.435 e. The first-order valence-corrected chi connectivity index (χ1v) is 13.8. The molecule has 0 bridgehead atoms. The molecular weight excluding hydrogens is 580 g/mol. The predicted octanol–water partition coefficient (Wildman–Crippen LogP) is 4.70. The van der Waals surface area contributed by atoms with Gasteiger partial charge in [0.1, 0.15) is 18.0 Å². The number of ether oxygens (including phenoxy) is 1. The number of hydrogen-bond donors (Lipinski definition) is 2. The van der Waals surface area contributed by atoms with Crippen LogP contribution in [0.3, 0.4) is 0 Å². The lowest BCUT2D eigenvalue weighted by Gasteiger charge is -2.14. The van der Waals surface area contributed by atoms with Crippen LogP contribution >= 0.6 is 11.6 Å². The topological polar surface area (TPSA) is 132 Å². The molecule has 0 spiro atoms. The Hall–Kier alpha value is -4.24. The molecule has 0 saturated carbocycles. The number of benzene rings is 1. The van der Waals surface area contributed by atoms with Gasteiger partial charge in [-0.25, -0.2) is 23.8 Å². The van der Waals surface area contributed by atoms with Crippen molar-refractivity contribution in [2.24, 2.45) is 0 Å². The number of alkyl halides is 3. The molecular formula is C24H19ClF4N6O4S. The summed E-state index contributed by atoms with van der Waals surface area (Å²) < 4.78 is 71.4. The van der Waals surface area contributed by atoms with Crippen LogP contribution in [0.5, 0.6) is 5.88 Å². The van der Waals surface area contributed by atoms with Gasteiger partial charge in [-0.3, -0.25) is 4.21 Å². The number of anilines is 2. The van der Waals surface area contributed by atoms with Crippen LogP contribution in [0.15, 0.2) is 48.9 Å². The predicted molar refractivity (Wildman–Crippen MR) is 141 cm³/mol. The lowest BCUT2D eigenvalue weighted by molar-refractivity contribution is -0.141. The fourth-order valence-electron chi connectivity index (χ4n) is 3.29. The van der Waals surface area contributed by atoms with Crippen LogP contribution in [0.2, 0.25) is 5.02 Å². The maximum absolute atomic E-state index is 13.5. The maximum atomic E-state index is 13.5. The lowest BCUT2D eigenvalue weighted by atomic mass is 10.1. The highest BCUT2D eigenvalue weighted by Crippen LogP contribution is 2.32. The summed E-state index contributed by atoms with van der Waals surface area (Å²) in [5.74, 6) is 0.978. The third kappa shape index (κ3) is 6.84. The normalized spacial score (nSPS) is 13.1. The van der Waals surface area contributed by atoms with Gasteiger partial charge < -0.3 is 15.2 Å². The van der Waals surface area contributed by atoms with Gasteiger partial charge in [0.15, 0.2) is 11.5 Å². The van der Waals surface area contributed by atoms with Crippen molar-refractivity contribution >= 4 is 44.6 Å². The molecule has 1 aromatic carbocycles. The first-order valence-electron chi connectivity index (χ1n) is 11.1. The third-order valence-electron chi connectivity index (χ3n) is 5.19. The van der Waals surface area contributed by atoms with Gasteiger partial charge in [-0.2, -0.15) is 23.3 Å². The van der Waals surface area contributed by atoms with Crippen molar-refractivity contribution in [3.8, 4) is 22.8 Å². The fraction of sp³-hybridized carbons (Fsp3) is 0.167. The minimum Gasteiger partial charge on any atom is -0.477 e. The Morgan fingerprint density at radius 2 is 1.98 bits per heavy atom. The Kier molecular flexibility index (Phi) is 7.98. The number of rotatable bonds is 9. The molecule has 2 N–H and O–H groups in total.